The molecule has 0 radical (unpaired) electrons. The van der Waals surface area contributed by atoms with Crippen LogP contribution < -0.4 is 4.74 Å². The van der Waals surface area contributed by atoms with Gasteiger partial charge in [-0.05, 0) is 41.7 Å². The van der Waals surface area contributed by atoms with Gasteiger partial charge in [0.2, 0.25) is 0 Å². The molecule has 1 atom stereocenters. The quantitative estimate of drug-likeness (QED) is 0.415. The molecule has 19 heavy (non-hydrogen) atoms. The van der Waals surface area contributed by atoms with Crippen molar-refractivity contribution in [3.05, 3.63) is 29.3 Å². The molecule has 0 spiro atoms. The van der Waals surface area contributed by atoms with Gasteiger partial charge in [-0.25, -0.2) is 0 Å². The van der Waals surface area contributed by atoms with Crippen molar-refractivity contribution in [2.75, 3.05) is 4.43 Å². The summed E-state index contributed by atoms with van der Waals surface area (Å²) in [5, 5.41) is 0. The van der Waals surface area contributed by atoms with Crippen LogP contribution in [0, 0.1) is 0 Å². The van der Waals surface area contributed by atoms with E-state index in [-0.39, 0.29) is 11.9 Å². The second kappa shape index (κ2) is 7.27. The summed E-state index contributed by atoms with van der Waals surface area (Å²) in [5.74, 6) is 1.11. The maximum atomic E-state index is 12.2. The summed E-state index contributed by atoms with van der Waals surface area (Å²) in [6, 6.07) is 5.96. The molecule has 0 saturated carbocycles. The number of carbonyl (C=O) groups excluding carboxylic acids is 1. The predicted octanol–water partition coefficient (Wildman–Crippen LogP) is 4.58. The summed E-state index contributed by atoms with van der Waals surface area (Å²) in [4.78, 5) is 12.2. The number of hydrogen-bond acceptors (Lipinski definition) is 2. The summed E-state index contributed by atoms with van der Waals surface area (Å²) in [7, 11) is 0. The van der Waals surface area contributed by atoms with E-state index in [1.54, 1.807) is 0 Å². The van der Waals surface area contributed by atoms with Crippen molar-refractivity contribution in [1.82, 2.24) is 0 Å². The average molecular weight is 372 g/mol. The van der Waals surface area contributed by atoms with E-state index in [1.165, 1.54) is 16.4 Å². The molecule has 0 bridgehead atoms. The summed E-state index contributed by atoms with van der Waals surface area (Å²) in [6.07, 6.45) is 6.04. The number of fused-ring (bicyclic) bond motifs is 1. The first-order chi connectivity index (χ1) is 9.26. The Balaban J connectivity index is 2.14. The van der Waals surface area contributed by atoms with E-state index in [0.717, 1.165) is 37.0 Å². The van der Waals surface area contributed by atoms with Gasteiger partial charge in [-0.1, -0.05) is 48.1 Å². The lowest BCUT2D eigenvalue weighted by Crippen LogP contribution is -2.27. The number of aryl methyl sites for hydroxylation is 1. The molecule has 0 aromatic heterocycles. The molecule has 3 heteroatoms. The van der Waals surface area contributed by atoms with Crippen molar-refractivity contribution in [3.8, 4) is 5.75 Å². The highest BCUT2D eigenvalue weighted by atomic mass is 127. The van der Waals surface area contributed by atoms with E-state index in [1.807, 2.05) is 12.1 Å². The van der Waals surface area contributed by atoms with Gasteiger partial charge in [0, 0.05) is 6.42 Å². The Bertz CT molecular complexity index is 442. The number of ether oxygens (including phenoxy) is 1. The monoisotopic (exact) mass is 372 g/mol. The molecule has 0 amide bonds. The van der Waals surface area contributed by atoms with Gasteiger partial charge in [-0.15, -0.1) is 0 Å². The molecule has 104 valence electrons. The minimum absolute atomic E-state index is 0.0842. The van der Waals surface area contributed by atoms with Crippen LogP contribution >= 0.6 is 22.6 Å². The smallest absolute Gasteiger partial charge is 0.170 e. The maximum absolute atomic E-state index is 12.2. The van der Waals surface area contributed by atoms with E-state index < -0.39 is 0 Å². The van der Waals surface area contributed by atoms with Crippen molar-refractivity contribution in [1.29, 1.82) is 0 Å². The molecule has 1 aliphatic heterocycles. The highest BCUT2D eigenvalue weighted by Crippen LogP contribution is 2.33. The molecule has 0 fully saturated rings. The van der Waals surface area contributed by atoms with Crippen LogP contribution in [-0.2, 0) is 6.42 Å². The minimum atomic E-state index is 0.0842. The van der Waals surface area contributed by atoms with Gasteiger partial charge in [-0.2, -0.15) is 0 Å². The number of halogens is 1. The fourth-order valence-electron chi connectivity index (χ4n) is 2.56. The maximum Gasteiger partial charge on any atom is 0.170 e. The van der Waals surface area contributed by atoms with E-state index in [2.05, 4.69) is 35.6 Å². The van der Waals surface area contributed by atoms with Crippen LogP contribution in [0.25, 0.3) is 0 Å². The Labute approximate surface area is 129 Å². The molecule has 1 heterocycles. The van der Waals surface area contributed by atoms with Crippen LogP contribution in [0.5, 0.6) is 5.75 Å². The van der Waals surface area contributed by atoms with Crippen LogP contribution in [0.3, 0.4) is 0 Å². The van der Waals surface area contributed by atoms with E-state index in [0.29, 0.717) is 6.42 Å². The average Bonchev–Trinajstić information content (AvgIpc) is 2.40. The molecule has 1 aliphatic rings. The molecule has 0 aliphatic carbocycles. The van der Waals surface area contributed by atoms with Crippen LogP contribution in [0.15, 0.2) is 18.2 Å². The van der Waals surface area contributed by atoms with Gasteiger partial charge in [0.25, 0.3) is 0 Å². The summed E-state index contributed by atoms with van der Waals surface area (Å²) in [5.41, 5.74) is 1.98. The van der Waals surface area contributed by atoms with Crippen LogP contribution in [0.2, 0.25) is 0 Å². The van der Waals surface area contributed by atoms with Crippen LogP contribution in [-0.4, -0.2) is 16.3 Å². The Kier molecular flexibility index (Phi) is 5.67. The van der Waals surface area contributed by atoms with Crippen molar-refractivity contribution >= 4 is 28.4 Å². The molecule has 1 aromatic carbocycles. The van der Waals surface area contributed by atoms with Gasteiger partial charge >= 0.3 is 0 Å². The zero-order valence-electron chi connectivity index (χ0n) is 11.5. The number of hydrogen-bond donors (Lipinski definition) is 0. The number of Topliss-reactive ketones (excluding diaryl/α,β-unsaturated/α-hetero) is 1. The lowest BCUT2D eigenvalue weighted by atomic mass is 9.94. The lowest BCUT2D eigenvalue weighted by molar-refractivity contribution is 0.0833. The summed E-state index contributed by atoms with van der Waals surface area (Å²) >= 11 is 2.39. The van der Waals surface area contributed by atoms with E-state index >= 15 is 0 Å². The Morgan fingerprint density at radius 1 is 1.37 bits per heavy atom. The largest absolute Gasteiger partial charge is 0.489 e. The highest BCUT2D eigenvalue weighted by molar-refractivity contribution is 14.1. The molecule has 0 saturated heterocycles. The summed E-state index contributed by atoms with van der Waals surface area (Å²) in [6.45, 7) is 2.15. The van der Waals surface area contributed by atoms with Crippen molar-refractivity contribution in [3.63, 3.8) is 0 Å². The highest BCUT2D eigenvalue weighted by Gasteiger charge is 2.27. The second-order valence-electron chi connectivity index (χ2n) is 5.10. The third-order valence-corrected chi connectivity index (χ3v) is 4.29. The molecule has 1 aromatic rings. The van der Waals surface area contributed by atoms with Crippen LogP contribution in [0.4, 0.5) is 0 Å². The summed E-state index contributed by atoms with van der Waals surface area (Å²) < 4.78 is 7.29. The van der Waals surface area contributed by atoms with Gasteiger partial charge in [0.15, 0.2) is 5.78 Å². The fraction of sp³-hybridized carbons (Fsp3) is 0.562. The fourth-order valence-corrected chi connectivity index (χ4v) is 3.10. The molecule has 2 nitrogen and oxygen atoms in total. The molecular weight excluding hydrogens is 351 g/mol. The number of ketones is 1. The number of benzene rings is 1. The zero-order valence-corrected chi connectivity index (χ0v) is 13.6. The third kappa shape index (κ3) is 3.71. The minimum Gasteiger partial charge on any atom is -0.489 e. The van der Waals surface area contributed by atoms with Gasteiger partial charge < -0.3 is 4.74 Å². The Morgan fingerprint density at radius 2 is 2.21 bits per heavy atom. The number of alkyl halides is 1. The van der Waals surface area contributed by atoms with Gasteiger partial charge in [-0.3, -0.25) is 4.79 Å². The van der Waals surface area contributed by atoms with Crippen LogP contribution in [0.1, 0.15) is 54.9 Å². The predicted molar refractivity (Wildman–Crippen MR) is 86.5 cm³/mol. The third-order valence-electron chi connectivity index (χ3n) is 3.52. The normalized spacial score (nSPS) is 18.0. The van der Waals surface area contributed by atoms with Gasteiger partial charge in [0.05, 0.1) is 5.56 Å². The Morgan fingerprint density at radius 3 is 2.95 bits per heavy atom. The number of carbonyl (C=O) groups is 1. The van der Waals surface area contributed by atoms with Gasteiger partial charge in [0.1, 0.15) is 11.9 Å². The first-order valence-corrected chi connectivity index (χ1v) is 8.66. The first-order valence-electron chi connectivity index (χ1n) is 7.14. The van der Waals surface area contributed by atoms with Crippen molar-refractivity contribution in [2.24, 2.45) is 0 Å². The molecule has 2 rings (SSSR count). The Hall–Kier alpha value is -0.580. The zero-order chi connectivity index (χ0) is 13.7. The van der Waals surface area contributed by atoms with Crippen molar-refractivity contribution in [2.45, 2.75) is 51.6 Å². The molecule has 1 unspecified atom stereocenters. The topological polar surface area (TPSA) is 26.3 Å². The van der Waals surface area contributed by atoms with E-state index in [9.17, 15) is 4.79 Å². The number of para-hydroxylation sites is 1. The lowest BCUT2D eigenvalue weighted by Gasteiger charge is -2.27. The first kappa shape index (κ1) is 14.8. The standard InChI is InChI=1S/C16H21IO2/c1-2-6-12-7-5-9-14-15(18)11-13(19-16(12)14)8-3-4-10-17/h5,7,9,13H,2-4,6,8,10-11H2,1H3. The van der Waals surface area contributed by atoms with Crippen molar-refractivity contribution < 1.29 is 9.53 Å². The number of rotatable bonds is 6. The molecular formula is C16H21IO2. The SMILES string of the molecule is CCCc1cccc2c1OC(CCCCI)CC2=O. The number of unbranched alkanes of at least 4 members (excludes halogenated alkanes) is 1. The molecule has 0 N–H and O–H groups in total. The second-order valence-corrected chi connectivity index (χ2v) is 6.17. The van der Waals surface area contributed by atoms with E-state index in [4.69, 9.17) is 4.74 Å².